The van der Waals surface area contributed by atoms with E-state index in [4.69, 9.17) is 4.74 Å². The van der Waals surface area contributed by atoms with E-state index < -0.39 is 5.60 Å². The lowest BCUT2D eigenvalue weighted by Gasteiger charge is -2.34. The van der Waals surface area contributed by atoms with Gasteiger partial charge in [0.25, 0.3) is 0 Å². The van der Waals surface area contributed by atoms with Crippen LogP contribution in [0.5, 0.6) is 0 Å². The zero-order valence-corrected chi connectivity index (χ0v) is 9.79. The summed E-state index contributed by atoms with van der Waals surface area (Å²) in [6.07, 6.45) is 4.92. The van der Waals surface area contributed by atoms with E-state index in [-0.39, 0.29) is 0 Å². The fourth-order valence-electron chi connectivity index (χ4n) is 3.14. The van der Waals surface area contributed by atoms with Gasteiger partial charge in [-0.1, -0.05) is 6.42 Å². The highest BCUT2D eigenvalue weighted by Crippen LogP contribution is 2.38. The number of carbonyl (C=O) groups excluding carboxylic acids is 1. The minimum atomic E-state index is -0.458. The minimum Gasteiger partial charge on any atom is -0.366 e. The van der Waals surface area contributed by atoms with Crippen molar-refractivity contribution in [3.63, 3.8) is 0 Å². The Balaban J connectivity index is 2.27. The van der Waals surface area contributed by atoms with Gasteiger partial charge >= 0.3 is 0 Å². The van der Waals surface area contributed by atoms with Crippen LogP contribution in [0.4, 0.5) is 0 Å². The van der Waals surface area contributed by atoms with Crippen LogP contribution in [0.2, 0.25) is 0 Å². The summed E-state index contributed by atoms with van der Waals surface area (Å²) in [4.78, 5) is 14.5. The Morgan fingerprint density at radius 1 is 1.53 bits per heavy atom. The highest BCUT2D eigenvalue weighted by molar-refractivity contribution is 5.89. The molecule has 2 rings (SSSR count). The second kappa shape index (κ2) is 4.22. The van der Waals surface area contributed by atoms with Crippen molar-refractivity contribution in [3.05, 3.63) is 0 Å². The van der Waals surface area contributed by atoms with E-state index >= 15 is 0 Å². The van der Waals surface area contributed by atoms with Gasteiger partial charge in [0.2, 0.25) is 0 Å². The summed E-state index contributed by atoms with van der Waals surface area (Å²) in [6.45, 7) is 3.63. The van der Waals surface area contributed by atoms with Crippen molar-refractivity contribution >= 4 is 5.78 Å². The van der Waals surface area contributed by atoms with Gasteiger partial charge < -0.3 is 4.74 Å². The molecule has 3 heteroatoms. The summed E-state index contributed by atoms with van der Waals surface area (Å²) >= 11 is 0. The monoisotopic (exact) mass is 211 g/mol. The van der Waals surface area contributed by atoms with Gasteiger partial charge in [0.15, 0.2) is 5.78 Å². The molecule has 2 aliphatic rings. The van der Waals surface area contributed by atoms with Crippen LogP contribution < -0.4 is 0 Å². The predicted molar refractivity (Wildman–Crippen MR) is 58.9 cm³/mol. The highest BCUT2D eigenvalue weighted by Gasteiger charge is 2.52. The molecule has 0 aromatic heterocycles. The van der Waals surface area contributed by atoms with Crippen LogP contribution in [-0.2, 0) is 9.53 Å². The van der Waals surface area contributed by atoms with Crippen molar-refractivity contribution in [2.24, 2.45) is 0 Å². The first-order chi connectivity index (χ1) is 7.20. The van der Waals surface area contributed by atoms with Gasteiger partial charge in [-0.25, -0.2) is 0 Å². The van der Waals surface area contributed by atoms with Crippen LogP contribution in [0.3, 0.4) is 0 Å². The lowest BCUT2D eigenvalue weighted by Crippen LogP contribution is -2.50. The molecule has 0 unspecified atom stereocenters. The lowest BCUT2D eigenvalue weighted by molar-refractivity contribution is -0.146. The van der Waals surface area contributed by atoms with Crippen molar-refractivity contribution in [3.8, 4) is 0 Å². The third-order valence-electron chi connectivity index (χ3n) is 3.91. The fraction of sp³-hybridized carbons (Fsp3) is 0.917. The van der Waals surface area contributed by atoms with E-state index in [1.54, 1.807) is 0 Å². The fourth-order valence-corrected chi connectivity index (χ4v) is 3.14. The van der Waals surface area contributed by atoms with Gasteiger partial charge in [-0.05, 0) is 33.2 Å². The maximum absolute atomic E-state index is 12.2. The Hall–Kier alpha value is -0.410. The van der Waals surface area contributed by atoms with Crippen molar-refractivity contribution in [2.45, 2.75) is 50.7 Å². The molecule has 1 saturated carbocycles. The highest BCUT2D eigenvalue weighted by atomic mass is 16.5. The van der Waals surface area contributed by atoms with Gasteiger partial charge in [-0.2, -0.15) is 0 Å². The molecule has 0 amide bonds. The van der Waals surface area contributed by atoms with Crippen LogP contribution >= 0.6 is 0 Å². The van der Waals surface area contributed by atoms with Crippen molar-refractivity contribution in [1.82, 2.24) is 4.90 Å². The average molecular weight is 211 g/mol. The van der Waals surface area contributed by atoms with E-state index in [1.165, 1.54) is 0 Å². The zero-order chi connectivity index (χ0) is 10.9. The van der Waals surface area contributed by atoms with Gasteiger partial charge in [0, 0.05) is 25.6 Å². The maximum Gasteiger partial charge on any atom is 0.166 e. The average Bonchev–Trinajstić information content (AvgIpc) is 2.43. The molecule has 2 atom stereocenters. The van der Waals surface area contributed by atoms with Crippen LogP contribution in [-0.4, -0.2) is 42.5 Å². The van der Waals surface area contributed by atoms with E-state index in [0.29, 0.717) is 24.9 Å². The molecule has 0 spiro atoms. The summed E-state index contributed by atoms with van der Waals surface area (Å²) in [6, 6.07) is 0.326. The number of nitrogens with zero attached hydrogens (tertiary/aromatic N) is 1. The zero-order valence-electron chi connectivity index (χ0n) is 9.79. The predicted octanol–water partition coefficient (Wildman–Crippen LogP) is 1.61. The Kier molecular flexibility index (Phi) is 3.12. The minimum absolute atomic E-state index is 0.326. The lowest BCUT2D eigenvalue weighted by atomic mass is 9.88. The summed E-state index contributed by atoms with van der Waals surface area (Å²) in [5.74, 6) is 0.344. The summed E-state index contributed by atoms with van der Waals surface area (Å²) in [7, 11) is 2.12. The molecule has 0 aromatic carbocycles. The molecule has 86 valence electrons. The van der Waals surface area contributed by atoms with Crippen molar-refractivity contribution in [1.29, 1.82) is 0 Å². The van der Waals surface area contributed by atoms with E-state index in [1.807, 2.05) is 6.92 Å². The topological polar surface area (TPSA) is 29.5 Å². The smallest absolute Gasteiger partial charge is 0.166 e. The van der Waals surface area contributed by atoms with Gasteiger partial charge in [-0.3, -0.25) is 9.69 Å². The molecule has 2 fully saturated rings. The first-order valence-corrected chi connectivity index (χ1v) is 6.08. The number of carbonyl (C=O) groups is 1. The number of rotatable bonds is 2. The molecule has 0 radical (unpaired) electrons. The Morgan fingerprint density at radius 3 is 3.07 bits per heavy atom. The summed E-state index contributed by atoms with van der Waals surface area (Å²) in [5, 5.41) is 0. The Labute approximate surface area is 91.8 Å². The van der Waals surface area contributed by atoms with Crippen LogP contribution in [0.25, 0.3) is 0 Å². The van der Waals surface area contributed by atoms with E-state index in [0.717, 1.165) is 32.2 Å². The number of ketones is 1. The van der Waals surface area contributed by atoms with E-state index in [2.05, 4.69) is 11.9 Å². The number of hydrogen-bond donors (Lipinski definition) is 0. The third-order valence-corrected chi connectivity index (χ3v) is 3.91. The molecule has 0 N–H and O–H groups in total. The maximum atomic E-state index is 12.2. The molecule has 1 heterocycles. The van der Waals surface area contributed by atoms with Crippen molar-refractivity contribution in [2.75, 3.05) is 20.2 Å². The molecular formula is C12H21NO2. The number of likely N-dealkylation sites (N-methyl/N-ethyl adjacent to an activating group) is 1. The SMILES string of the molecule is CCO[C@@]12CCN(C)[C@@H]1CCCCC2=O. The molecule has 1 aliphatic carbocycles. The van der Waals surface area contributed by atoms with Crippen LogP contribution in [0, 0.1) is 0 Å². The molecule has 1 saturated heterocycles. The quantitative estimate of drug-likeness (QED) is 0.695. The van der Waals surface area contributed by atoms with Gasteiger partial charge in [0.05, 0.1) is 0 Å². The molecule has 15 heavy (non-hydrogen) atoms. The molecule has 0 aromatic rings. The summed E-state index contributed by atoms with van der Waals surface area (Å²) in [5.41, 5.74) is -0.458. The normalized spacial score (nSPS) is 37.7. The number of fused-ring (bicyclic) bond motifs is 1. The van der Waals surface area contributed by atoms with Gasteiger partial charge in [0.1, 0.15) is 5.60 Å². The molecule has 3 nitrogen and oxygen atoms in total. The number of Topliss-reactive ketones (excluding diaryl/α,β-unsaturated/α-hetero) is 1. The Morgan fingerprint density at radius 2 is 2.33 bits per heavy atom. The summed E-state index contributed by atoms with van der Waals surface area (Å²) < 4.78 is 5.87. The van der Waals surface area contributed by atoms with Crippen LogP contribution in [0.15, 0.2) is 0 Å². The number of likely N-dealkylation sites (tertiary alicyclic amines) is 1. The molecule has 0 bridgehead atoms. The standard InChI is InChI=1S/C12H21NO2/c1-3-15-12-8-9-13(2)10(12)6-4-5-7-11(12)14/h10H,3-9H2,1-2H3/t10-,12+/m1/s1. The Bertz CT molecular complexity index is 250. The molecule has 1 aliphatic heterocycles. The van der Waals surface area contributed by atoms with Crippen molar-refractivity contribution < 1.29 is 9.53 Å². The van der Waals surface area contributed by atoms with E-state index in [9.17, 15) is 4.79 Å². The first-order valence-electron chi connectivity index (χ1n) is 6.08. The third kappa shape index (κ3) is 1.72. The second-order valence-electron chi connectivity index (χ2n) is 4.74. The second-order valence-corrected chi connectivity index (χ2v) is 4.74. The number of hydrogen-bond acceptors (Lipinski definition) is 3. The van der Waals surface area contributed by atoms with Gasteiger partial charge in [-0.15, -0.1) is 0 Å². The number of ether oxygens (including phenoxy) is 1. The first kappa shape index (κ1) is 11.1. The largest absolute Gasteiger partial charge is 0.366 e. The van der Waals surface area contributed by atoms with Crippen LogP contribution in [0.1, 0.15) is 39.0 Å². The molecular weight excluding hydrogens is 190 g/mol.